The number of nitrogens with zero attached hydrogens (tertiary/aromatic N) is 3. The summed E-state index contributed by atoms with van der Waals surface area (Å²) in [7, 11) is 0. The molecule has 36 heavy (non-hydrogen) atoms. The van der Waals surface area contributed by atoms with Crippen LogP contribution in [0.4, 0.5) is 5.69 Å². The molecule has 0 bridgehead atoms. The number of hydrogen-bond donors (Lipinski definition) is 2. The lowest BCUT2D eigenvalue weighted by Crippen LogP contribution is -2.40. The van der Waals surface area contributed by atoms with Crippen LogP contribution in [0.5, 0.6) is 0 Å². The van der Waals surface area contributed by atoms with E-state index in [1.165, 1.54) is 0 Å². The van der Waals surface area contributed by atoms with Crippen molar-refractivity contribution in [1.82, 2.24) is 9.88 Å². The Balaban J connectivity index is 1.21. The van der Waals surface area contributed by atoms with Crippen LogP contribution in [-0.2, 0) is 18.0 Å². The van der Waals surface area contributed by atoms with Crippen LogP contribution >= 0.6 is 0 Å². The third kappa shape index (κ3) is 5.72. The van der Waals surface area contributed by atoms with E-state index in [9.17, 15) is 5.26 Å². The van der Waals surface area contributed by atoms with Crippen molar-refractivity contribution in [2.75, 3.05) is 25.1 Å². The van der Waals surface area contributed by atoms with E-state index in [-0.39, 0.29) is 6.61 Å². The van der Waals surface area contributed by atoms with Crippen molar-refractivity contribution >= 4 is 16.5 Å². The molecule has 0 saturated carbocycles. The first-order chi connectivity index (χ1) is 17.7. The van der Waals surface area contributed by atoms with Gasteiger partial charge in [-0.05, 0) is 70.8 Å². The molecule has 0 amide bonds. The fourth-order valence-corrected chi connectivity index (χ4v) is 4.71. The van der Waals surface area contributed by atoms with Gasteiger partial charge in [-0.3, -0.25) is 9.88 Å². The number of ether oxygens (including phenoxy) is 1. The molecule has 1 saturated heterocycles. The molecule has 6 heteroatoms. The van der Waals surface area contributed by atoms with Crippen LogP contribution in [0.25, 0.3) is 21.9 Å². The predicted molar refractivity (Wildman–Crippen MR) is 142 cm³/mol. The zero-order chi connectivity index (χ0) is 24.7. The summed E-state index contributed by atoms with van der Waals surface area (Å²) >= 11 is 0. The van der Waals surface area contributed by atoms with Gasteiger partial charge in [0.25, 0.3) is 0 Å². The minimum atomic E-state index is 0.0646. The number of pyridine rings is 1. The third-order valence-corrected chi connectivity index (χ3v) is 6.78. The van der Waals surface area contributed by atoms with Gasteiger partial charge in [0.05, 0.1) is 31.6 Å². The number of aromatic nitrogens is 1. The van der Waals surface area contributed by atoms with E-state index < -0.39 is 0 Å². The molecule has 4 aromatic rings. The number of benzene rings is 3. The van der Waals surface area contributed by atoms with Gasteiger partial charge in [-0.1, -0.05) is 36.4 Å². The number of rotatable bonds is 8. The van der Waals surface area contributed by atoms with E-state index in [4.69, 9.17) is 9.84 Å². The maximum absolute atomic E-state index is 9.31. The number of aliphatic hydroxyl groups is 1. The first-order valence-corrected chi connectivity index (χ1v) is 12.4. The van der Waals surface area contributed by atoms with E-state index in [0.29, 0.717) is 24.9 Å². The molecule has 0 aliphatic carbocycles. The fraction of sp³-hybridized carbons (Fsp3) is 0.267. The number of anilines is 1. The Hall–Kier alpha value is -3.76. The van der Waals surface area contributed by atoms with Gasteiger partial charge in [0.2, 0.25) is 0 Å². The van der Waals surface area contributed by atoms with E-state index >= 15 is 0 Å². The molecular weight excluding hydrogens is 448 g/mol. The van der Waals surface area contributed by atoms with Crippen molar-refractivity contribution in [2.24, 2.45) is 0 Å². The van der Waals surface area contributed by atoms with Gasteiger partial charge >= 0.3 is 0 Å². The first kappa shape index (κ1) is 24.0. The summed E-state index contributed by atoms with van der Waals surface area (Å²) in [6.45, 7) is 3.20. The van der Waals surface area contributed by atoms with E-state index in [1.54, 1.807) is 0 Å². The molecule has 1 aliphatic heterocycles. The van der Waals surface area contributed by atoms with Gasteiger partial charge in [0.1, 0.15) is 0 Å². The molecule has 0 spiro atoms. The molecule has 2 N–H and O–H groups in total. The lowest BCUT2D eigenvalue weighted by molar-refractivity contribution is 0.00832. The van der Waals surface area contributed by atoms with Gasteiger partial charge in [-0.2, -0.15) is 5.26 Å². The average molecular weight is 479 g/mol. The summed E-state index contributed by atoms with van der Waals surface area (Å²) in [5, 5.41) is 24.5. The average Bonchev–Trinajstić information content (AvgIpc) is 2.94. The van der Waals surface area contributed by atoms with Gasteiger partial charge in [-0.15, -0.1) is 0 Å². The van der Waals surface area contributed by atoms with Crippen LogP contribution in [0.3, 0.4) is 0 Å². The Morgan fingerprint density at radius 3 is 2.58 bits per heavy atom. The van der Waals surface area contributed by atoms with Crippen LogP contribution in [0.15, 0.2) is 79.1 Å². The fourth-order valence-electron chi connectivity index (χ4n) is 4.71. The van der Waals surface area contributed by atoms with Crippen LogP contribution < -0.4 is 5.32 Å². The molecule has 1 aliphatic rings. The summed E-state index contributed by atoms with van der Waals surface area (Å²) in [5.74, 6) is 0. The molecule has 1 fully saturated rings. The Morgan fingerprint density at radius 1 is 1.00 bits per heavy atom. The van der Waals surface area contributed by atoms with E-state index in [2.05, 4.69) is 33.4 Å². The number of nitrogens with one attached hydrogen (secondary N) is 1. The lowest BCUT2D eigenvalue weighted by Gasteiger charge is -2.33. The summed E-state index contributed by atoms with van der Waals surface area (Å²) in [5.41, 5.74) is 5.90. The second-order valence-electron chi connectivity index (χ2n) is 9.30. The number of aliphatic hydroxyl groups excluding tert-OH is 1. The molecule has 3 aromatic carbocycles. The highest BCUT2D eigenvalue weighted by molar-refractivity contribution is 5.97. The molecule has 2 heterocycles. The van der Waals surface area contributed by atoms with Gasteiger partial charge in [-0.25, -0.2) is 0 Å². The molecular formula is C30H30N4O2. The highest BCUT2D eigenvalue weighted by Crippen LogP contribution is 2.32. The smallest absolute Gasteiger partial charge is 0.0994 e. The highest BCUT2D eigenvalue weighted by Gasteiger charge is 2.20. The standard InChI is InChI=1S/C30H30N4O2/c31-17-24-2-1-3-25(14-24)27-15-26-8-11-32-18-29(26)30(16-27)33-28-9-12-34(13-10-28)21-36-20-23-6-4-22(19-35)5-7-23/h1-8,11,14-16,18,28,33,35H,9-10,12-13,19-21H2. The Labute approximate surface area is 211 Å². The molecule has 182 valence electrons. The maximum atomic E-state index is 9.31. The quantitative estimate of drug-likeness (QED) is 0.357. The Kier molecular flexibility index (Phi) is 7.53. The molecule has 1 aromatic heterocycles. The highest BCUT2D eigenvalue weighted by atomic mass is 16.5. The molecule has 5 rings (SSSR count). The number of nitriles is 1. The van der Waals surface area contributed by atoms with Gasteiger partial charge in [0.15, 0.2) is 0 Å². The van der Waals surface area contributed by atoms with Crippen molar-refractivity contribution in [3.63, 3.8) is 0 Å². The zero-order valence-corrected chi connectivity index (χ0v) is 20.2. The Bertz CT molecular complexity index is 1360. The minimum Gasteiger partial charge on any atom is -0.392 e. The topological polar surface area (TPSA) is 81.4 Å². The van der Waals surface area contributed by atoms with Crippen LogP contribution in [-0.4, -0.2) is 40.9 Å². The number of fused-ring (bicyclic) bond motifs is 1. The molecule has 0 atom stereocenters. The van der Waals surface area contributed by atoms with Crippen molar-refractivity contribution < 1.29 is 9.84 Å². The lowest BCUT2D eigenvalue weighted by atomic mass is 9.98. The molecule has 6 nitrogen and oxygen atoms in total. The summed E-state index contributed by atoms with van der Waals surface area (Å²) < 4.78 is 5.94. The number of piperidine rings is 1. The van der Waals surface area contributed by atoms with Crippen molar-refractivity contribution in [1.29, 1.82) is 5.26 Å². The number of likely N-dealkylation sites (tertiary alicyclic amines) is 1. The third-order valence-electron chi connectivity index (χ3n) is 6.78. The van der Waals surface area contributed by atoms with Gasteiger partial charge in [0, 0.05) is 42.6 Å². The first-order valence-electron chi connectivity index (χ1n) is 12.4. The second kappa shape index (κ2) is 11.3. The summed E-state index contributed by atoms with van der Waals surface area (Å²) in [6, 6.07) is 24.6. The molecule has 0 radical (unpaired) electrons. The number of hydrogen-bond acceptors (Lipinski definition) is 6. The summed E-state index contributed by atoms with van der Waals surface area (Å²) in [6.07, 6.45) is 5.80. The minimum absolute atomic E-state index is 0.0646. The van der Waals surface area contributed by atoms with Crippen molar-refractivity contribution in [3.05, 3.63) is 95.8 Å². The normalized spacial score (nSPS) is 14.6. The monoisotopic (exact) mass is 478 g/mol. The maximum Gasteiger partial charge on any atom is 0.0994 e. The molecule has 0 unspecified atom stereocenters. The SMILES string of the molecule is N#Cc1cccc(-c2cc(NC3CCN(COCc4ccc(CO)cc4)CC3)c3cnccc3c2)c1. The predicted octanol–water partition coefficient (Wildman–Crippen LogP) is 5.32. The second-order valence-corrected chi connectivity index (χ2v) is 9.30. The van der Waals surface area contributed by atoms with Crippen LogP contribution in [0.2, 0.25) is 0 Å². The Morgan fingerprint density at radius 2 is 1.81 bits per heavy atom. The van der Waals surface area contributed by atoms with E-state index in [1.807, 2.05) is 67.0 Å². The van der Waals surface area contributed by atoms with E-state index in [0.717, 1.165) is 64.6 Å². The van der Waals surface area contributed by atoms with Gasteiger partial charge < -0.3 is 15.2 Å². The van der Waals surface area contributed by atoms with Crippen molar-refractivity contribution in [2.45, 2.75) is 32.1 Å². The van der Waals surface area contributed by atoms with Crippen molar-refractivity contribution in [3.8, 4) is 17.2 Å². The summed E-state index contributed by atoms with van der Waals surface area (Å²) in [4.78, 5) is 6.71. The zero-order valence-electron chi connectivity index (χ0n) is 20.2. The largest absolute Gasteiger partial charge is 0.392 e. The van der Waals surface area contributed by atoms with Crippen LogP contribution in [0.1, 0.15) is 29.5 Å². The van der Waals surface area contributed by atoms with Crippen LogP contribution in [0, 0.1) is 11.3 Å².